The maximum atomic E-state index is 11.6. The molecule has 0 aromatic heterocycles. The molecule has 3 N–H and O–H groups in total. The van der Waals surface area contributed by atoms with Crippen LogP contribution in [0.2, 0.25) is 5.02 Å². The Bertz CT molecular complexity index is 410. The topological polar surface area (TPSA) is 61.4 Å². The van der Waals surface area contributed by atoms with Gasteiger partial charge in [0.1, 0.15) is 0 Å². The molecule has 0 saturated carbocycles. The summed E-state index contributed by atoms with van der Waals surface area (Å²) in [5.41, 5.74) is 0.886. The molecule has 0 spiro atoms. The number of nitrogens with one attached hydrogen (secondary N) is 2. The first kappa shape index (κ1) is 15.8. The average Bonchev–Trinajstić information content (AvgIpc) is 2.34. The first-order valence-corrected chi connectivity index (χ1v) is 6.80. The minimum atomic E-state index is -0.344. The van der Waals surface area contributed by atoms with Crippen molar-refractivity contribution in [3.63, 3.8) is 0 Å². The summed E-state index contributed by atoms with van der Waals surface area (Å²) in [6, 6.07) is 7.17. The lowest BCUT2D eigenvalue weighted by molar-refractivity contribution is 0.163. The van der Waals surface area contributed by atoms with Gasteiger partial charge in [-0.25, -0.2) is 4.79 Å². The first-order chi connectivity index (χ1) is 8.99. The Morgan fingerprint density at radius 1 is 1.32 bits per heavy atom. The summed E-state index contributed by atoms with van der Waals surface area (Å²) >= 11 is 5.99. The van der Waals surface area contributed by atoms with E-state index >= 15 is 0 Å². The fourth-order valence-corrected chi connectivity index (χ4v) is 2.01. The molecule has 2 unspecified atom stereocenters. The summed E-state index contributed by atoms with van der Waals surface area (Å²) in [5, 5.41) is 15.4. The van der Waals surface area contributed by atoms with E-state index in [1.165, 1.54) is 0 Å². The molecule has 0 aliphatic rings. The van der Waals surface area contributed by atoms with Gasteiger partial charge in [0.2, 0.25) is 0 Å². The number of carbonyl (C=O) groups is 1. The van der Waals surface area contributed by atoms with E-state index in [4.69, 9.17) is 11.6 Å². The summed E-state index contributed by atoms with van der Waals surface area (Å²) in [5.74, 6) is 0.242. The van der Waals surface area contributed by atoms with Gasteiger partial charge in [-0.1, -0.05) is 36.7 Å². The zero-order valence-electron chi connectivity index (χ0n) is 11.3. The largest absolute Gasteiger partial charge is 0.393 e. The molecule has 2 atom stereocenters. The third-order valence-electron chi connectivity index (χ3n) is 2.75. The van der Waals surface area contributed by atoms with E-state index in [-0.39, 0.29) is 18.1 Å². The maximum absolute atomic E-state index is 11.6. The van der Waals surface area contributed by atoms with E-state index in [2.05, 4.69) is 10.6 Å². The molecule has 5 heteroatoms. The van der Waals surface area contributed by atoms with Gasteiger partial charge >= 0.3 is 6.03 Å². The molecule has 0 fully saturated rings. The van der Waals surface area contributed by atoms with E-state index < -0.39 is 0 Å². The fourth-order valence-electron chi connectivity index (χ4n) is 1.81. The summed E-state index contributed by atoms with van der Waals surface area (Å²) in [6.07, 6.45) is 0.327. The molecule has 2 amide bonds. The minimum Gasteiger partial charge on any atom is -0.393 e. The van der Waals surface area contributed by atoms with Gasteiger partial charge in [0.15, 0.2) is 0 Å². The lowest BCUT2D eigenvalue weighted by Crippen LogP contribution is -2.37. The number of urea groups is 1. The normalized spacial score (nSPS) is 13.7. The van der Waals surface area contributed by atoms with Gasteiger partial charge in [0, 0.05) is 18.1 Å². The van der Waals surface area contributed by atoms with Crippen molar-refractivity contribution in [2.45, 2.75) is 32.9 Å². The molecule has 0 heterocycles. The highest BCUT2D eigenvalue weighted by Gasteiger charge is 2.08. The number of aliphatic hydroxyl groups excluding tert-OH is 1. The molecular formula is C14H21ClN2O2. The molecule has 1 rings (SSSR count). The Labute approximate surface area is 119 Å². The molecule has 106 valence electrons. The van der Waals surface area contributed by atoms with Gasteiger partial charge in [0.25, 0.3) is 0 Å². The zero-order chi connectivity index (χ0) is 14.3. The van der Waals surface area contributed by atoms with Gasteiger partial charge in [-0.05, 0) is 30.9 Å². The Morgan fingerprint density at radius 2 is 2.00 bits per heavy atom. The van der Waals surface area contributed by atoms with Crippen molar-refractivity contribution in [3.05, 3.63) is 34.9 Å². The summed E-state index contributed by atoms with van der Waals surface area (Å²) in [6.45, 7) is 4.67. The highest BCUT2D eigenvalue weighted by Crippen LogP contribution is 2.14. The summed E-state index contributed by atoms with van der Waals surface area (Å²) in [7, 11) is 0. The Kier molecular flexibility index (Phi) is 6.67. The standard InChI is InChI=1S/C14H21ClN2O2/c1-10(7-11(2)18)8-16-14(19)17-9-12-5-3-4-6-13(12)15/h3-6,10-11,18H,7-9H2,1-2H3,(H2,16,17,19). The van der Waals surface area contributed by atoms with Crippen LogP contribution < -0.4 is 10.6 Å². The molecular weight excluding hydrogens is 264 g/mol. The van der Waals surface area contributed by atoms with Crippen LogP contribution in [0.4, 0.5) is 4.79 Å². The molecule has 0 aliphatic heterocycles. The van der Waals surface area contributed by atoms with Gasteiger partial charge in [-0.2, -0.15) is 0 Å². The SMILES string of the molecule is CC(O)CC(C)CNC(=O)NCc1ccccc1Cl. The quantitative estimate of drug-likeness (QED) is 0.752. The van der Waals surface area contributed by atoms with Gasteiger partial charge < -0.3 is 15.7 Å². The second kappa shape index (κ2) is 8.02. The van der Waals surface area contributed by atoms with Crippen LogP contribution in [0.3, 0.4) is 0 Å². The number of carbonyl (C=O) groups excluding carboxylic acids is 1. The number of hydrogen-bond donors (Lipinski definition) is 3. The second-order valence-corrected chi connectivity index (χ2v) is 5.25. The van der Waals surface area contributed by atoms with Crippen molar-refractivity contribution in [3.8, 4) is 0 Å². The van der Waals surface area contributed by atoms with E-state index in [1.54, 1.807) is 13.0 Å². The Hall–Kier alpha value is -1.26. The highest BCUT2D eigenvalue weighted by atomic mass is 35.5. The highest BCUT2D eigenvalue weighted by molar-refractivity contribution is 6.31. The molecule has 19 heavy (non-hydrogen) atoms. The lowest BCUT2D eigenvalue weighted by Gasteiger charge is -2.14. The fraction of sp³-hybridized carbons (Fsp3) is 0.500. The number of aliphatic hydroxyl groups is 1. The van der Waals surface area contributed by atoms with Crippen molar-refractivity contribution in [1.82, 2.24) is 10.6 Å². The van der Waals surface area contributed by atoms with Gasteiger partial charge in [-0.15, -0.1) is 0 Å². The Balaban J connectivity index is 2.27. The molecule has 0 aliphatic carbocycles. The van der Waals surface area contributed by atoms with E-state index in [0.29, 0.717) is 24.5 Å². The number of rotatable bonds is 6. The minimum absolute atomic E-state index is 0.225. The first-order valence-electron chi connectivity index (χ1n) is 6.42. The average molecular weight is 285 g/mol. The Morgan fingerprint density at radius 3 is 2.63 bits per heavy atom. The second-order valence-electron chi connectivity index (χ2n) is 4.84. The van der Waals surface area contributed by atoms with Crippen molar-refractivity contribution < 1.29 is 9.90 Å². The number of amides is 2. The van der Waals surface area contributed by atoms with Crippen molar-refractivity contribution >= 4 is 17.6 Å². The molecule has 1 aromatic rings. The van der Waals surface area contributed by atoms with Crippen LogP contribution in [0.1, 0.15) is 25.8 Å². The smallest absolute Gasteiger partial charge is 0.315 e. The van der Waals surface area contributed by atoms with Crippen LogP contribution in [0.25, 0.3) is 0 Å². The molecule has 1 aromatic carbocycles. The van der Waals surface area contributed by atoms with Crippen LogP contribution in [-0.2, 0) is 6.54 Å². The monoisotopic (exact) mass is 284 g/mol. The van der Waals surface area contributed by atoms with Crippen LogP contribution >= 0.6 is 11.6 Å². The van der Waals surface area contributed by atoms with Crippen molar-refractivity contribution in [2.24, 2.45) is 5.92 Å². The van der Waals surface area contributed by atoms with Crippen LogP contribution in [0.5, 0.6) is 0 Å². The van der Waals surface area contributed by atoms with E-state index in [9.17, 15) is 9.90 Å². The summed E-state index contributed by atoms with van der Waals surface area (Å²) in [4.78, 5) is 11.6. The van der Waals surface area contributed by atoms with Crippen molar-refractivity contribution in [1.29, 1.82) is 0 Å². The van der Waals surface area contributed by atoms with Crippen LogP contribution in [0, 0.1) is 5.92 Å². The maximum Gasteiger partial charge on any atom is 0.315 e. The molecule has 0 bridgehead atoms. The van der Waals surface area contributed by atoms with Crippen molar-refractivity contribution in [2.75, 3.05) is 6.54 Å². The number of halogens is 1. The predicted octanol–water partition coefficient (Wildman–Crippen LogP) is 2.55. The zero-order valence-corrected chi connectivity index (χ0v) is 12.1. The third kappa shape index (κ3) is 6.45. The molecule has 0 radical (unpaired) electrons. The number of hydrogen-bond acceptors (Lipinski definition) is 2. The van der Waals surface area contributed by atoms with Crippen LogP contribution in [-0.4, -0.2) is 23.8 Å². The van der Waals surface area contributed by atoms with Gasteiger partial charge in [0.05, 0.1) is 6.10 Å². The van der Waals surface area contributed by atoms with Crippen LogP contribution in [0.15, 0.2) is 24.3 Å². The van der Waals surface area contributed by atoms with E-state index in [1.807, 2.05) is 25.1 Å². The molecule has 0 saturated heterocycles. The lowest BCUT2D eigenvalue weighted by atomic mass is 10.1. The third-order valence-corrected chi connectivity index (χ3v) is 3.12. The summed E-state index contributed by atoms with van der Waals surface area (Å²) < 4.78 is 0. The predicted molar refractivity (Wildman–Crippen MR) is 77.2 cm³/mol. The number of benzene rings is 1. The molecule has 4 nitrogen and oxygen atoms in total. The van der Waals surface area contributed by atoms with Gasteiger partial charge in [-0.3, -0.25) is 0 Å². The van der Waals surface area contributed by atoms with E-state index in [0.717, 1.165) is 5.56 Å².